The highest BCUT2D eigenvalue weighted by molar-refractivity contribution is 5.82. The molecular weight excluding hydrogens is 325 g/mol. The maximum Gasteiger partial charge on any atom is 0.208 e. The molecule has 0 aliphatic carbocycles. The van der Waals surface area contributed by atoms with E-state index in [1.165, 1.54) is 10.8 Å². The van der Waals surface area contributed by atoms with Gasteiger partial charge in [-0.1, -0.05) is 0 Å². The third kappa shape index (κ3) is 3.34. The van der Waals surface area contributed by atoms with Gasteiger partial charge in [0.15, 0.2) is 12.4 Å². The molecule has 0 fully saturated rings. The Morgan fingerprint density at radius 3 is 2.82 bits per heavy atom. The highest BCUT2D eigenvalue weighted by atomic mass is 127. The van der Waals surface area contributed by atoms with Crippen LogP contribution in [-0.4, -0.2) is 6.61 Å². The molecule has 1 heterocycles. The van der Waals surface area contributed by atoms with Crippen molar-refractivity contribution in [3.05, 3.63) is 36.7 Å². The van der Waals surface area contributed by atoms with Gasteiger partial charge in [-0.2, -0.15) is 4.57 Å². The second kappa shape index (κ2) is 6.45. The Labute approximate surface area is 119 Å². The van der Waals surface area contributed by atoms with Gasteiger partial charge < -0.3 is 28.7 Å². The lowest BCUT2D eigenvalue weighted by Crippen LogP contribution is -3.00. The minimum atomic E-state index is 0. The average Bonchev–Trinajstić information content (AvgIpc) is 2.30. The van der Waals surface area contributed by atoms with E-state index in [0.717, 1.165) is 5.75 Å². The number of aromatic nitrogens is 1. The average molecular weight is 339 g/mol. The lowest BCUT2D eigenvalue weighted by molar-refractivity contribution is -0.683. The first-order valence-corrected chi connectivity index (χ1v) is 5.32. The van der Waals surface area contributed by atoms with E-state index < -0.39 is 0 Å². The Kier molecular flexibility index (Phi) is 5.23. The van der Waals surface area contributed by atoms with Crippen molar-refractivity contribution in [2.45, 2.75) is 13.5 Å². The van der Waals surface area contributed by atoms with Gasteiger partial charge in [0.25, 0.3) is 0 Å². The van der Waals surface area contributed by atoms with Crippen LogP contribution < -0.4 is 33.3 Å². The fourth-order valence-electron chi connectivity index (χ4n) is 1.67. The number of rotatable bonds is 3. The summed E-state index contributed by atoms with van der Waals surface area (Å²) >= 11 is 0. The molecule has 1 aromatic heterocycles. The van der Waals surface area contributed by atoms with E-state index in [1.807, 2.05) is 42.1 Å². The quantitative estimate of drug-likeness (QED) is 0.404. The molecule has 0 aliphatic rings. The molecule has 0 bridgehead atoms. The van der Waals surface area contributed by atoms with Gasteiger partial charge in [0.2, 0.25) is 6.54 Å². The summed E-state index contributed by atoms with van der Waals surface area (Å²) in [7, 11) is 0. The first kappa shape index (κ1) is 13.8. The predicted octanol–water partition coefficient (Wildman–Crippen LogP) is -0.837. The molecule has 2 rings (SSSR count). The van der Waals surface area contributed by atoms with E-state index in [1.54, 1.807) is 0 Å². The van der Waals surface area contributed by atoms with E-state index in [-0.39, 0.29) is 24.0 Å². The lowest BCUT2D eigenvalue weighted by Gasteiger charge is -2.03. The second-order valence-electron chi connectivity index (χ2n) is 3.55. The first-order valence-electron chi connectivity index (χ1n) is 5.32. The highest BCUT2D eigenvalue weighted by Gasteiger charge is 2.02. The van der Waals surface area contributed by atoms with E-state index in [4.69, 9.17) is 11.2 Å². The summed E-state index contributed by atoms with van der Waals surface area (Å²) in [5.41, 5.74) is 0. The van der Waals surface area contributed by atoms with Crippen LogP contribution in [0.2, 0.25) is 0 Å². The van der Waals surface area contributed by atoms with Crippen molar-refractivity contribution < 1.29 is 33.3 Å². The van der Waals surface area contributed by atoms with E-state index in [9.17, 15) is 0 Å². The molecule has 0 aliphatic heterocycles. The molecule has 0 unspecified atom stereocenters. The predicted molar refractivity (Wildman–Crippen MR) is 64.1 cm³/mol. The molecule has 0 atom stereocenters. The van der Waals surface area contributed by atoms with Crippen LogP contribution >= 0.6 is 0 Å². The topological polar surface area (TPSA) is 13.1 Å². The Hall–Kier alpha value is -1.28. The molecule has 0 radical (unpaired) electrons. The van der Waals surface area contributed by atoms with Crippen LogP contribution in [-0.2, 0) is 6.54 Å². The van der Waals surface area contributed by atoms with Gasteiger partial charge in [0.05, 0.1) is 6.61 Å². The number of hydrogen-bond acceptors (Lipinski definition) is 1. The van der Waals surface area contributed by atoms with Crippen molar-refractivity contribution in [3.8, 4) is 18.1 Å². The molecule has 0 spiro atoms. The van der Waals surface area contributed by atoms with Crippen molar-refractivity contribution in [1.29, 1.82) is 0 Å². The van der Waals surface area contributed by atoms with E-state index in [0.29, 0.717) is 13.2 Å². The first-order chi connectivity index (χ1) is 7.83. The number of benzene rings is 1. The van der Waals surface area contributed by atoms with Crippen molar-refractivity contribution >= 4 is 10.8 Å². The number of fused-ring (bicyclic) bond motifs is 1. The summed E-state index contributed by atoms with van der Waals surface area (Å²) < 4.78 is 7.44. The minimum Gasteiger partial charge on any atom is -1.00 e. The summed E-state index contributed by atoms with van der Waals surface area (Å²) in [6, 6.07) is 8.12. The highest BCUT2D eigenvalue weighted by Crippen LogP contribution is 2.19. The zero-order chi connectivity index (χ0) is 11.4. The Morgan fingerprint density at radius 1 is 1.29 bits per heavy atom. The van der Waals surface area contributed by atoms with Crippen LogP contribution in [0.3, 0.4) is 0 Å². The zero-order valence-corrected chi connectivity index (χ0v) is 11.8. The SMILES string of the molecule is C#CC[n+]1ccc2cc(OCC)ccc2c1.[I-]. The molecule has 0 amide bonds. The van der Waals surface area contributed by atoms with Gasteiger partial charge in [0, 0.05) is 11.5 Å². The molecular formula is C14H14INO. The zero-order valence-electron chi connectivity index (χ0n) is 9.69. The van der Waals surface area contributed by atoms with Gasteiger partial charge in [-0.15, -0.1) is 6.42 Å². The van der Waals surface area contributed by atoms with Crippen LogP contribution in [0.15, 0.2) is 36.7 Å². The molecule has 1 aromatic carbocycles. The fourth-order valence-corrected chi connectivity index (χ4v) is 1.67. The number of nitrogens with zero attached hydrogens (tertiary/aromatic N) is 1. The van der Waals surface area contributed by atoms with Crippen molar-refractivity contribution in [2.75, 3.05) is 6.61 Å². The lowest BCUT2D eigenvalue weighted by atomic mass is 10.2. The van der Waals surface area contributed by atoms with Gasteiger partial charge >= 0.3 is 0 Å². The van der Waals surface area contributed by atoms with Crippen LogP contribution in [0.25, 0.3) is 10.8 Å². The van der Waals surface area contributed by atoms with E-state index >= 15 is 0 Å². The van der Waals surface area contributed by atoms with Crippen LogP contribution in [0.1, 0.15) is 6.92 Å². The van der Waals surface area contributed by atoms with Crippen molar-refractivity contribution in [3.63, 3.8) is 0 Å². The van der Waals surface area contributed by atoms with Crippen LogP contribution in [0, 0.1) is 12.3 Å². The van der Waals surface area contributed by atoms with Gasteiger partial charge in [-0.3, -0.25) is 0 Å². The Bertz CT molecular complexity index is 545. The fraction of sp³-hybridized carbons (Fsp3) is 0.214. The molecule has 17 heavy (non-hydrogen) atoms. The third-order valence-electron chi connectivity index (χ3n) is 2.39. The molecule has 0 saturated heterocycles. The third-order valence-corrected chi connectivity index (χ3v) is 2.39. The number of terminal acetylenes is 1. The maximum absolute atomic E-state index is 5.45. The monoisotopic (exact) mass is 339 g/mol. The largest absolute Gasteiger partial charge is 1.00 e. The molecule has 2 aromatic rings. The van der Waals surface area contributed by atoms with Gasteiger partial charge in [-0.05, 0) is 36.4 Å². The molecule has 0 N–H and O–H groups in total. The van der Waals surface area contributed by atoms with E-state index in [2.05, 4.69) is 12.0 Å². The van der Waals surface area contributed by atoms with Crippen LogP contribution in [0.4, 0.5) is 0 Å². The normalized spacial score (nSPS) is 9.41. The summed E-state index contributed by atoms with van der Waals surface area (Å²) in [6.45, 7) is 3.27. The van der Waals surface area contributed by atoms with Crippen LogP contribution in [0.5, 0.6) is 5.75 Å². The molecule has 0 saturated carbocycles. The number of hydrogen-bond donors (Lipinski definition) is 0. The number of pyridine rings is 1. The number of halogens is 1. The summed E-state index contributed by atoms with van der Waals surface area (Å²) in [6.07, 6.45) is 9.31. The Morgan fingerprint density at radius 2 is 2.12 bits per heavy atom. The smallest absolute Gasteiger partial charge is 0.208 e. The maximum atomic E-state index is 5.45. The molecule has 88 valence electrons. The van der Waals surface area contributed by atoms with Gasteiger partial charge in [-0.25, -0.2) is 0 Å². The molecule has 3 heteroatoms. The summed E-state index contributed by atoms with van der Waals surface area (Å²) in [4.78, 5) is 0. The summed E-state index contributed by atoms with van der Waals surface area (Å²) in [5.74, 6) is 3.53. The summed E-state index contributed by atoms with van der Waals surface area (Å²) in [5, 5.41) is 2.33. The van der Waals surface area contributed by atoms with Crippen molar-refractivity contribution in [2.24, 2.45) is 0 Å². The van der Waals surface area contributed by atoms with Crippen molar-refractivity contribution in [1.82, 2.24) is 0 Å². The Balaban J connectivity index is 0.00000144. The van der Waals surface area contributed by atoms with Gasteiger partial charge in [0.1, 0.15) is 5.75 Å². The number of ether oxygens (including phenoxy) is 1. The molecule has 2 nitrogen and oxygen atoms in total. The minimum absolute atomic E-state index is 0. The second-order valence-corrected chi connectivity index (χ2v) is 3.55. The standard InChI is InChI=1S/C14H14NO.HI/c1-3-8-15-9-7-12-10-14(16-4-2)6-5-13(12)11-15;/h1,5-7,9-11H,4,8H2,2H3;1H/q+1;/p-1.